The van der Waals surface area contributed by atoms with Crippen LogP contribution in [0.25, 0.3) is 0 Å². The fraction of sp³-hybridized carbons (Fsp3) is 0.571. The second-order valence-electron chi connectivity index (χ2n) is 2.73. The summed E-state index contributed by atoms with van der Waals surface area (Å²) < 4.78 is 0. The zero-order valence-electron chi connectivity index (χ0n) is 7.70. The van der Waals surface area contributed by atoms with Gasteiger partial charge >= 0.3 is 17.8 Å². The van der Waals surface area contributed by atoms with Gasteiger partial charge in [-0.2, -0.15) is 0 Å². The van der Waals surface area contributed by atoms with Crippen molar-refractivity contribution in [3.8, 4) is 0 Å². The van der Waals surface area contributed by atoms with Crippen molar-refractivity contribution in [3.05, 3.63) is 0 Å². The van der Waals surface area contributed by atoms with Gasteiger partial charge in [0, 0.05) is 14.1 Å². The highest BCUT2D eigenvalue weighted by Gasteiger charge is 2.20. The normalized spacial score (nSPS) is 11.6. The summed E-state index contributed by atoms with van der Waals surface area (Å²) in [5.74, 6) is -2.87. The van der Waals surface area contributed by atoms with Crippen LogP contribution in [0.4, 0.5) is 0 Å². The summed E-state index contributed by atoms with van der Waals surface area (Å²) in [5, 5.41) is 10.4. The van der Waals surface area contributed by atoms with E-state index in [0.29, 0.717) is 0 Å². The highest BCUT2D eigenvalue weighted by Crippen LogP contribution is 1.84. The van der Waals surface area contributed by atoms with Crippen molar-refractivity contribution >= 4 is 17.8 Å². The van der Waals surface area contributed by atoms with Crippen LogP contribution in [0.15, 0.2) is 0 Å². The summed E-state index contributed by atoms with van der Waals surface area (Å²) >= 11 is 0. The van der Waals surface area contributed by atoms with Crippen LogP contribution in [0.1, 0.15) is 6.92 Å². The Bertz CT molecular complexity index is 237. The topological polar surface area (TPSA) is 86.7 Å². The van der Waals surface area contributed by atoms with Crippen molar-refractivity contribution in [2.24, 2.45) is 0 Å². The van der Waals surface area contributed by atoms with Crippen LogP contribution >= 0.6 is 0 Å². The van der Waals surface area contributed by atoms with Crippen molar-refractivity contribution in [2.75, 3.05) is 14.1 Å². The van der Waals surface area contributed by atoms with Gasteiger partial charge in [-0.25, -0.2) is 0 Å². The molecule has 0 aliphatic rings. The average molecular weight is 188 g/mol. The number of nitrogens with zero attached hydrogens (tertiary/aromatic N) is 1. The number of nitrogens with one attached hydrogen (secondary N) is 1. The van der Waals surface area contributed by atoms with Crippen molar-refractivity contribution in [3.63, 3.8) is 0 Å². The average Bonchev–Trinajstić information content (AvgIpc) is 2.02. The third kappa shape index (κ3) is 3.55. The molecule has 0 heterocycles. The molecule has 0 aliphatic heterocycles. The van der Waals surface area contributed by atoms with Crippen LogP contribution < -0.4 is 5.32 Å². The number of amides is 2. The van der Waals surface area contributed by atoms with Crippen molar-refractivity contribution in [1.82, 2.24) is 10.2 Å². The molecule has 6 heteroatoms. The van der Waals surface area contributed by atoms with E-state index in [4.69, 9.17) is 5.11 Å². The van der Waals surface area contributed by atoms with Gasteiger partial charge in [0.25, 0.3) is 0 Å². The van der Waals surface area contributed by atoms with E-state index in [9.17, 15) is 14.4 Å². The SMILES string of the molecule is CC(NC(=O)C(=O)N(C)C)C(=O)O. The fourth-order valence-corrected chi connectivity index (χ4v) is 0.523. The maximum Gasteiger partial charge on any atom is 0.325 e. The van der Waals surface area contributed by atoms with E-state index in [1.54, 1.807) is 0 Å². The van der Waals surface area contributed by atoms with Gasteiger partial charge < -0.3 is 15.3 Å². The summed E-state index contributed by atoms with van der Waals surface area (Å²) in [6.45, 7) is 1.28. The Morgan fingerprint density at radius 2 is 1.77 bits per heavy atom. The molecule has 0 spiro atoms. The minimum atomic E-state index is -1.18. The predicted octanol–water partition coefficient (Wildman–Crippen LogP) is -1.34. The van der Waals surface area contributed by atoms with Crippen LogP contribution in [0.2, 0.25) is 0 Å². The zero-order valence-corrected chi connectivity index (χ0v) is 7.70. The molecule has 0 bridgehead atoms. The van der Waals surface area contributed by atoms with Gasteiger partial charge in [-0.15, -0.1) is 0 Å². The molecule has 2 N–H and O–H groups in total. The number of hydrogen-bond donors (Lipinski definition) is 2. The van der Waals surface area contributed by atoms with E-state index in [0.717, 1.165) is 4.90 Å². The lowest BCUT2D eigenvalue weighted by molar-refractivity contribution is -0.147. The molecule has 74 valence electrons. The number of carbonyl (C=O) groups is 3. The van der Waals surface area contributed by atoms with Crippen LogP contribution in [-0.4, -0.2) is 47.9 Å². The summed E-state index contributed by atoms with van der Waals surface area (Å²) in [4.78, 5) is 33.2. The fourth-order valence-electron chi connectivity index (χ4n) is 0.523. The summed E-state index contributed by atoms with van der Waals surface area (Å²) in [5.41, 5.74) is 0. The molecule has 0 aromatic rings. The molecule has 13 heavy (non-hydrogen) atoms. The van der Waals surface area contributed by atoms with Gasteiger partial charge in [0.15, 0.2) is 0 Å². The monoisotopic (exact) mass is 188 g/mol. The van der Waals surface area contributed by atoms with Gasteiger partial charge in [-0.1, -0.05) is 0 Å². The molecule has 0 aliphatic carbocycles. The Balaban J connectivity index is 4.16. The maximum atomic E-state index is 10.9. The molecule has 0 radical (unpaired) electrons. The first kappa shape index (κ1) is 11.4. The van der Waals surface area contributed by atoms with Crippen LogP contribution in [0, 0.1) is 0 Å². The van der Waals surface area contributed by atoms with Crippen molar-refractivity contribution < 1.29 is 19.5 Å². The third-order valence-corrected chi connectivity index (χ3v) is 1.32. The Labute approximate surface area is 75.5 Å². The molecule has 1 atom stereocenters. The second-order valence-corrected chi connectivity index (χ2v) is 2.73. The number of carbonyl (C=O) groups excluding carboxylic acids is 2. The molecule has 0 saturated heterocycles. The van der Waals surface area contributed by atoms with Gasteiger partial charge in [-0.05, 0) is 6.92 Å². The number of carboxylic acids is 1. The number of hydrogen-bond acceptors (Lipinski definition) is 3. The van der Waals surface area contributed by atoms with Gasteiger partial charge in [0.2, 0.25) is 0 Å². The predicted molar refractivity (Wildman–Crippen MR) is 43.9 cm³/mol. The molecule has 0 aromatic heterocycles. The number of likely N-dealkylation sites (N-methyl/N-ethyl adjacent to an activating group) is 1. The third-order valence-electron chi connectivity index (χ3n) is 1.32. The van der Waals surface area contributed by atoms with Crippen LogP contribution in [0.3, 0.4) is 0 Å². The molecule has 0 rings (SSSR count). The molecule has 0 fully saturated rings. The quantitative estimate of drug-likeness (QED) is 0.525. The first-order valence-corrected chi connectivity index (χ1v) is 3.61. The standard InChI is InChI=1S/C7H12N2O4/c1-4(7(12)13)8-5(10)6(11)9(2)3/h4H,1-3H3,(H,8,10)(H,12,13). The first-order valence-electron chi connectivity index (χ1n) is 3.61. The first-order chi connectivity index (χ1) is 5.86. The lowest BCUT2D eigenvalue weighted by Crippen LogP contribution is -2.45. The molecule has 6 nitrogen and oxygen atoms in total. The van der Waals surface area contributed by atoms with Gasteiger partial charge in [0.05, 0.1) is 0 Å². The van der Waals surface area contributed by atoms with Crippen LogP contribution in [0.5, 0.6) is 0 Å². The number of carboxylic acid groups (broad SMARTS) is 1. The Morgan fingerprint density at radius 3 is 2.08 bits per heavy atom. The van der Waals surface area contributed by atoms with E-state index in [-0.39, 0.29) is 0 Å². The van der Waals surface area contributed by atoms with E-state index in [2.05, 4.69) is 0 Å². The van der Waals surface area contributed by atoms with Crippen molar-refractivity contribution in [2.45, 2.75) is 13.0 Å². The smallest absolute Gasteiger partial charge is 0.325 e. The van der Waals surface area contributed by atoms with E-state index in [1.807, 2.05) is 5.32 Å². The molecule has 2 amide bonds. The molecule has 1 unspecified atom stereocenters. The maximum absolute atomic E-state index is 10.9. The zero-order chi connectivity index (χ0) is 10.6. The molecule has 0 aromatic carbocycles. The highest BCUT2D eigenvalue weighted by molar-refractivity contribution is 6.35. The minimum Gasteiger partial charge on any atom is -0.480 e. The Hall–Kier alpha value is -1.59. The van der Waals surface area contributed by atoms with E-state index in [1.165, 1.54) is 21.0 Å². The molecule has 0 saturated carbocycles. The lowest BCUT2D eigenvalue weighted by atomic mass is 10.3. The van der Waals surface area contributed by atoms with E-state index >= 15 is 0 Å². The number of aliphatic carboxylic acids is 1. The summed E-state index contributed by atoms with van der Waals surface area (Å²) in [6.07, 6.45) is 0. The van der Waals surface area contributed by atoms with Gasteiger partial charge in [0.1, 0.15) is 6.04 Å². The summed E-state index contributed by atoms with van der Waals surface area (Å²) in [6, 6.07) is -1.06. The Kier molecular flexibility index (Phi) is 3.90. The highest BCUT2D eigenvalue weighted by atomic mass is 16.4. The largest absolute Gasteiger partial charge is 0.480 e. The van der Waals surface area contributed by atoms with Crippen LogP contribution in [-0.2, 0) is 14.4 Å². The molecular weight excluding hydrogens is 176 g/mol. The second kappa shape index (κ2) is 4.44. The van der Waals surface area contributed by atoms with Crippen molar-refractivity contribution in [1.29, 1.82) is 0 Å². The minimum absolute atomic E-state index is 0.770. The van der Waals surface area contributed by atoms with Gasteiger partial charge in [-0.3, -0.25) is 14.4 Å². The lowest BCUT2D eigenvalue weighted by Gasteiger charge is -2.12. The molecular formula is C7H12N2O4. The summed E-state index contributed by atoms with van der Waals surface area (Å²) in [7, 11) is 2.82. The van der Waals surface area contributed by atoms with E-state index < -0.39 is 23.8 Å². The Morgan fingerprint density at radius 1 is 1.31 bits per heavy atom. The number of rotatable bonds is 2.